The molecule has 5 nitrogen and oxygen atoms in total. The van der Waals surface area contributed by atoms with E-state index >= 15 is 0 Å². The molecule has 0 fully saturated rings. The zero-order valence-corrected chi connectivity index (χ0v) is 9.97. The van der Waals surface area contributed by atoms with Gasteiger partial charge in [0, 0.05) is 24.3 Å². The standard InChI is InChI=1S/C11H19N3O2/c1-11(2,3)12-7-9(15)8-14-10(16)5-4-6-13-14/h4-6,9,12,15H,7-8H2,1-3H3. The Morgan fingerprint density at radius 3 is 2.81 bits per heavy atom. The highest BCUT2D eigenvalue weighted by atomic mass is 16.3. The molecule has 5 heteroatoms. The van der Waals surface area contributed by atoms with E-state index in [1.165, 1.54) is 16.9 Å². The van der Waals surface area contributed by atoms with Gasteiger partial charge in [-0.25, -0.2) is 4.68 Å². The van der Waals surface area contributed by atoms with Crippen LogP contribution in [0, 0.1) is 0 Å². The smallest absolute Gasteiger partial charge is 0.266 e. The van der Waals surface area contributed by atoms with Crippen molar-refractivity contribution in [3.05, 3.63) is 28.7 Å². The van der Waals surface area contributed by atoms with Crippen LogP contribution in [0.2, 0.25) is 0 Å². The number of aromatic nitrogens is 2. The number of nitrogens with one attached hydrogen (secondary N) is 1. The molecule has 0 aromatic carbocycles. The van der Waals surface area contributed by atoms with Gasteiger partial charge in [-0.3, -0.25) is 4.79 Å². The highest BCUT2D eigenvalue weighted by Gasteiger charge is 2.12. The third-order valence-electron chi connectivity index (χ3n) is 2.04. The third kappa shape index (κ3) is 4.55. The number of hydrogen-bond acceptors (Lipinski definition) is 4. The van der Waals surface area contributed by atoms with Crippen LogP contribution >= 0.6 is 0 Å². The first kappa shape index (κ1) is 12.9. The summed E-state index contributed by atoms with van der Waals surface area (Å²) in [7, 11) is 0. The molecule has 0 aliphatic carbocycles. The van der Waals surface area contributed by atoms with Crippen LogP contribution in [0.15, 0.2) is 23.1 Å². The van der Waals surface area contributed by atoms with Gasteiger partial charge in [-0.1, -0.05) is 0 Å². The first-order valence-electron chi connectivity index (χ1n) is 5.34. The van der Waals surface area contributed by atoms with Crippen molar-refractivity contribution >= 4 is 0 Å². The van der Waals surface area contributed by atoms with E-state index in [0.29, 0.717) is 6.54 Å². The largest absolute Gasteiger partial charge is 0.390 e. The Hall–Kier alpha value is -1.20. The lowest BCUT2D eigenvalue weighted by molar-refractivity contribution is 0.136. The molecular formula is C11H19N3O2. The number of rotatable bonds is 4. The molecule has 1 aromatic heterocycles. The fraction of sp³-hybridized carbons (Fsp3) is 0.636. The van der Waals surface area contributed by atoms with Gasteiger partial charge in [0.15, 0.2) is 0 Å². The molecule has 2 N–H and O–H groups in total. The lowest BCUT2D eigenvalue weighted by atomic mass is 10.1. The molecule has 0 saturated heterocycles. The van der Waals surface area contributed by atoms with Crippen LogP contribution in [0.1, 0.15) is 20.8 Å². The highest BCUT2D eigenvalue weighted by molar-refractivity contribution is 4.85. The number of aliphatic hydroxyl groups is 1. The Labute approximate surface area is 95.1 Å². The maximum atomic E-state index is 11.3. The van der Waals surface area contributed by atoms with Crippen molar-refractivity contribution in [1.29, 1.82) is 0 Å². The second-order valence-electron chi connectivity index (χ2n) is 4.83. The van der Waals surface area contributed by atoms with Crippen LogP contribution in [0.3, 0.4) is 0 Å². The number of β-amino-alcohol motifs (C(OH)–C–C–N with tert-alkyl or cyclic N) is 1. The molecule has 0 aliphatic heterocycles. The van der Waals surface area contributed by atoms with Crippen LogP contribution in [0.5, 0.6) is 0 Å². The lowest BCUT2D eigenvalue weighted by Gasteiger charge is -2.22. The van der Waals surface area contributed by atoms with Crippen molar-refractivity contribution in [2.75, 3.05) is 6.54 Å². The second kappa shape index (κ2) is 5.23. The zero-order chi connectivity index (χ0) is 12.2. The van der Waals surface area contributed by atoms with Gasteiger partial charge in [-0.2, -0.15) is 5.10 Å². The summed E-state index contributed by atoms with van der Waals surface area (Å²) in [5, 5.41) is 16.8. The van der Waals surface area contributed by atoms with Gasteiger partial charge < -0.3 is 10.4 Å². The van der Waals surface area contributed by atoms with Crippen molar-refractivity contribution in [2.24, 2.45) is 0 Å². The van der Waals surface area contributed by atoms with E-state index in [0.717, 1.165) is 0 Å². The Balaban J connectivity index is 2.49. The fourth-order valence-electron chi connectivity index (χ4n) is 1.21. The molecule has 1 heterocycles. The van der Waals surface area contributed by atoms with Crippen molar-refractivity contribution in [2.45, 2.75) is 39.0 Å². The molecule has 1 unspecified atom stereocenters. The SMILES string of the molecule is CC(C)(C)NCC(O)Cn1ncccc1=O. The molecule has 0 radical (unpaired) electrons. The molecule has 0 amide bonds. The molecule has 0 bridgehead atoms. The number of aliphatic hydroxyl groups excluding tert-OH is 1. The molecule has 16 heavy (non-hydrogen) atoms. The van der Waals surface area contributed by atoms with Crippen LogP contribution in [-0.4, -0.2) is 33.1 Å². The van der Waals surface area contributed by atoms with Crippen LogP contribution in [0.4, 0.5) is 0 Å². The monoisotopic (exact) mass is 225 g/mol. The normalized spacial score (nSPS) is 13.8. The van der Waals surface area contributed by atoms with Crippen LogP contribution in [0.25, 0.3) is 0 Å². The van der Waals surface area contributed by atoms with Crippen LogP contribution < -0.4 is 10.9 Å². The Bertz CT molecular complexity index is 381. The molecule has 1 rings (SSSR count). The quantitative estimate of drug-likeness (QED) is 0.756. The van der Waals surface area contributed by atoms with E-state index in [1.54, 1.807) is 6.07 Å². The first-order valence-corrected chi connectivity index (χ1v) is 5.34. The molecule has 0 saturated carbocycles. The second-order valence-corrected chi connectivity index (χ2v) is 4.83. The van der Waals surface area contributed by atoms with Gasteiger partial charge in [-0.15, -0.1) is 0 Å². The molecule has 0 spiro atoms. The van der Waals surface area contributed by atoms with Crippen molar-refractivity contribution < 1.29 is 5.11 Å². The van der Waals surface area contributed by atoms with E-state index in [1.807, 2.05) is 20.8 Å². The van der Waals surface area contributed by atoms with E-state index in [-0.39, 0.29) is 17.6 Å². The Kier molecular flexibility index (Phi) is 4.20. The molecular weight excluding hydrogens is 206 g/mol. The van der Waals surface area contributed by atoms with E-state index in [9.17, 15) is 9.90 Å². The van der Waals surface area contributed by atoms with E-state index in [4.69, 9.17) is 0 Å². The molecule has 90 valence electrons. The summed E-state index contributed by atoms with van der Waals surface area (Å²) in [5.74, 6) is 0. The molecule has 1 atom stereocenters. The maximum Gasteiger partial charge on any atom is 0.266 e. The third-order valence-corrected chi connectivity index (χ3v) is 2.04. The summed E-state index contributed by atoms with van der Waals surface area (Å²) in [6.07, 6.45) is 0.914. The molecule has 0 aliphatic rings. The van der Waals surface area contributed by atoms with E-state index in [2.05, 4.69) is 10.4 Å². The first-order chi connectivity index (χ1) is 7.38. The minimum Gasteiger partial charge on any atom is -0.390 e. The van der Waals surface area contributed by atoms with Gasteiger partial charge in [0.1, 0.15) is 0 Å². The van der Waals surface area contributed by atoms with Crippen LogP contribution in [-0.2, 0) is 6.54 Å². The summed E-state index contributed by atoms with van der Waals surface area (Å²) < 4.78 is 1.26. The van der Waals surface area contributed by atoms with Gasteiger partial charge >= 0.3 is 0 Å². The Morgan fingerprint density at radius 1 is 1.56 bits per heavy atom. The van der Waals surface area contributed by atoms with Gasteiger partial charge in [-0.05, 0) is 26.8 Å². The number of nitrogens with zero attached hydrogens (tertiary/aromatic N) is 2. The zero-order valence-electron chi connectivity index (χ0n) is 9.97. The average molecular weight is 225 g/mol. The lowest BCUT2D eigenvalue weighted by Crippen LogP contribution is -2.43. The predicted molar refractivity (Wildman–Crippen MR) is 62.3 cm³/mol. The van der Waals surface area contributed by atoms with Crippen molar-refractivity contribution in [3.63, 3.8) is 0 Å². The number of hydrogen-bond donors (Lipinski definition) is 2. The summed E-state index contributed by atoms with van der Waals surface area (Å²) in [6.45, 7) is 6.71. The van der Waals surface area contributed by atoms with Gasteiger partial charge in [0.25, 0.3) is 5.56 Å². The minimum atomic E-state index is -0.619. The average Bonchev–Trinajstić information content (AvgIpc) is 2.18. The molecule has 1 aromatic rings. The highest BCUT2D eigenvalue weighted by Crippen LogP contribution is 1.98. The summed E-state index contributed by atoms with van der Waals surface area (Å²) in [4.78, 5) is 11.3. The fourth-order valence-corrected chi connectivity index (χ4v) is 1.21. The predicted octanol–water partition coefficient (Wildman–Crippen LogP) is -0.00770. The van der Waals surface area contributed by atoms with Gasteiger partial charge in [0.2, 0.25) is 0 Å². The summed E-state index contributed by atoms with van der Waals surface area (Å²) in [5.41, 5.74) is -0.243. The Morgan fingerprint density at radius 2 is 2.25 bits per heavy atom. The minimum absolute atomic E-state index is 0.0456. The summed E-state index contributed by atoms with van der Waals surface area (Å²) in [6, 6.07) is 3.01. The maximum absolute atomic E-state index is 11.3. The topological polar surface area (TPSA) is 67.2 Å². The van der Waals surface area contributed by atoms with Crippen molar-refractivity contribution in [1.82, 2.24) is 15.1 Å². The van der Waals surface area contributed by atoms with Crippen molar-refractivity contribution in [3.8, 4) is 0 Å². The summed E-state index contributed by atoms with van der Waals surface area (Å²) >= 11 is 0. The van der Waals surface area contributed by atoms with E-state index < -0.39 is 6.10 Å². The van der Waals surface area contributed by atoms with Gasteiger partial charge in [0.05, 0.1) is 12.6 Å².